The molecule has 0 aliphatic heterocycles. The van der Waals surface area contributed by atoms with Gasteiger partial charge in [-0.25, -0.2) is 0 Å². The average Bonchev–Trinajstić information content (AvgIpc) is 2.63. The van der Waals surface area contributed by atoms with E-state index in [1.165, 1.54) is 0 Å². The third kappa shape index (κ3) is 6.49. The van der Waals surface area contributed by atoms with Crippen LogP contribution in [-0.2, 0) is 18.1 Å². The lowest BCUT2D eigenvalue weighted by Gasteiger charge is -2.40. The average molecular weight is 390 g/mol. The molecule has 0 heterocycles. The first-order valence-electron chi connectivity index (χ1n) is 10.0. The standard InChI is InChI=1S/C19H41O4Si2/c1-9-13-15-25(16-14-10-2,17(5)11-3)23-18(20)19(6,12-4)24(21-7)22-8/h17H,9-16H2,1-8H3. The molecule has 0 bridgehead atoms. The molecule has 0 rings (SSSR count). The van der Waals surface area contributed by atoms with Gasteiger partial charge in [0.2, 0.25) is 0 Å². The summed E-state index contributed by atoms with van der Waals surface area (Å²) in [6, 6.07) is 2.15. The van der Waals surface area contributed by atoms with Crippen molar-refractivity contribution in [3.8, 4) is 0 Å². The highest BCUT2D eigenvalue weighted by atomic mass is 28.4. The molecule has 0 aromatic rings. The van der Waals surface area contributed by atoms with Crippen LogP contribution in [0.1, 0.15) is 80.1 Å². The minimum Gasteiger partial charge on any atom is -0.518 e. The first-order valence-corrected chi connectivity index (χ1v) is 13.7. The van der Waals surface area contributed by atoms with Gasteiger partial charge in [-0.05, 0) is 31.0 Å². The Morgan fingerprint density at radius 2 is 1.52 bits per heavy atom. The first-order chi connectivity index (χ1) is 11.8. The molecular formula is C19H41O4Si2. The molecule has 6 heteroatoms. The molecule has 1 radical (unpaired) electrons. The van der Waals surface area contributed by atoms with E-state index in [0.29, 0.717) is 12.0 Å². The van der Waals surface area contributed by atoms with Crippen molar-refractivity contribution >= 4 is 23.6 Å². The molecule has 4 nitrogen and oxygen atoms in total. The van der Waals surface area contributed by atoms with Crippen molar-refractivity contribution in [3.63, 3.8) is 0 Å². The van der Waals surface area contributed by atoms with Gasteiger partial charge in [-0.2, -0.15) is 0 Å². The van der Waals surface area contributed by atoms with Crippen molar-refractivity contribution in [2.24, 2.45) is 0 Å². The molecule has 0 saturated heterocycles. The summed E-state index contributed by atoms with van der Waals surface area (Å²) in [5, 5.41) is -0.668. The minimum absolute atomic E-state index is 0.0910. The molecule has 0 aromatic carbocycles. The Kier molecular flexibility index (Phi) is 12.2. The van der Waals surface area contributed by atoms with E-state index in [1.807, 2.05) is 13.8 Å². The lowest BCUT2D eigenvalue weighted by Crippen LogP contribution is -2.50. The van der Waals surface area contributed by atoms with Gasteiger partial charge in [-0.3, -0.25) is 4.79 Å². The van der Waals surface area contributed by atoms with E-state index in [-0.39, 0.29) is 5.97 Å². The number of rotatable bonds is 14. The Hall–Kier alpha value is -0.176. The van der Waals surface area contributed by atoms with Crippen LogP contribution in [0.3, 0.4) is 0 Å². The third-order valence-electron chi connectivity index (χ3n) is 5.69. The summed E-state index contributed by atoms with van der Waals surface area (Å²) in [5.41, 5.74) is 0.483. The summed E-state index contributed by atoms with van der Waals surface area (Å²) in [5.74, 6) is -0.0910. The normalized spacial score (nSPS) is 15.9. The topological polar surface area (TPSA) is 44.8 Å². The predicted octanol–water partition coefficient (Wildman–Crippen LogP) is 5.83. The van der Waals surface area contributed by atoms with E-state index in [0.717, 1.165) is 44.2 Å². The molecule has 0 aliphatic rings. The Balaban J connectivity index is 5.66. The predicted molar refractivity (Wildman–Crippen MR) is 109 cm³/mol. The summed E-state index contributed by atoms with van der Waals surface area (Å²) in [4.78, 5) is 13.3. The van der Waals surface area contributed by atoms with Crippen molar-refractivity contribution in [2.75, 3.05) is 14.2 Å². The first kappa shape index (κ1) is 24.8. The molecule has 0 aliphatic carbocycles. The number of carbonyl (C=O) groups excluding carboxylic acids is 1. The van der Waals surface area contributed by atoms with Gasteiger partial charge in [0, 0.05) is 14.2 Å². The third-order valence-corrected chi connectivity index (χ3v) is 13.1. The molecule has 25 heavy (non-hydrogen) atoms. The summed E-state index contributed by atoms with van der Waals surface area (Å²) >= 11 is 0. The van der Waals surface area contributed by atoms with Gasteiger partial charge >= 0.3 is 9.28 Å². The molecule has 0 saturated carbocycles. The van der Waals surface area contributed by atoms with Crippen molar-refractivity contribution in [3.05, 3.63) is 0 Å². The quantitative estimate of drug-likeness (QED) is 0.351. The van der Waals surface area contributed by atoms with Crippen molar-refractivity contribution in [1.82, 2.24) is 0 Å². The maximum atomic E-state index is 13.3. The second kappa shape index (κ2) is 12.3. The maximum Gasteiger partial charge on any atom is 0.402 e. The fourth-order valence-corrected chi connectivity index (χ4v) is 9.91. The zero-order chi connectivity index (χ0) is 19.5. The second-order valence-electron chi connectivity index (χ2n) is 7.35. The summed E-state index contributed by atoms with van der Waals surface area (Å²) in [7, 11) is -0.589. The van der Waals surface area contributed by atoms with Crippen LogP contribution in [0.15, 0.2) is 0 Å². The summed E-state index contributed by atoms with van der Waals surface area (Å²) < 4.78 is 17.6. The zero-order valence-corrected chi connectivity index (χ0v) is 19.9. The number of hydrogen-bond acceptors (Lipinski definition) is 4. The number of unbranched alkanes of at least 4 members (excludes halogenated alkanes) is 2. The van der Waals surface area contributed by atoms with Crippen molar-refractivity contribution in [2.45, 2.75) is 103 Å². The molecule has 149 valence electrons. The highest BCUT2D eigenvalue weighted by Gasteiger charge is 2.51. The van der Waals surface area contributed by atoms with E-state index in [1.54, 1.807) is 14.2 Å². The lowest BCUT2D eigenvalue weighted by atomic mass is 10.1. The van der Waals surface area contributed by atoms with Crippen LogP contribution in [0.25, 0.3) is 0 Å². The lowest BCUT2D eigenvalue weighted by molar-refractivity contribution is -0.139. The second-order valence-corrected chi connectivity index (χ2v) is 14.2. The number of carbonyl (C=O) groups is 1. The SMILES string of the molecule is CCCC[Si](CCCC)(OC(=O)C(C)(CC)[Si](OC)OC)C(C)CC. The van der Waals surface area contributed by atoms with Gasteiger partial charge in [0.1, 0.15) is 5.04 Å². The van der Waals surface area contributed by atoms with Gasteiger partial charge in [0.15, 0.2) is 0 Å². The van der Waals surface area contributed by atoms with Gasteiger partial charge in [-0.1, -0.05) is 66.7 Å². The summed E-state index contributed by atoms with van der Waals surface area (Å²) in [6.07, 6.45) is 6.32. The van der Waals surface area contributed by atoms with Crippen LogP contribution in [0, 0.1) is 0 Å². The van der Waals surface area contributed by atoms with Crippen molar-refractivity contribution in [1.29, 1.82) is 0 Å². The molecule has 2 atom stereocenters. The van der Waals surface area contributed by atoms with Gasteiger partial charge < -0.3 is 13.3 Å². The van der Waals surface area contributed by atoms with E-state index in [9.17, 15) is 4.79 Å². The van der Waals surface area contributed by atoms with Crippen LogP contribution in [0.2, 0.25) is 22.7 Å². The monoisotopic (exact) mass is 389 g/mol. The molecule has 0 aromatic heterocycles. The van der Waals surface area contributed by atoms with Crippen LogP contribution < -0.4 is 0 Å². The van der Waals surface area contributed by atoms with Gasteiger partial charge in [0.05, 0.1) is 0 Å². The van der Waals surface area contributed by atoms with E-state index in [4.69, 9.17) is 13.3 Å². The van der Waals surface area contributed by atoms with Crippen LogP contribution in [-0.4, -0.2) is 37.8 Å². The fourth-order valence-electron chi connectivity index (χ4n) is 3.35. The smallest absolute Gasteiger partial charge is 0.402 e. The Morgan fingerprint density at radius 1 is 1.04 bits per heavy atom. The molecule has 2 unspecified atom stereocenters. The summed E-state index contributed by atoms with van der Waals surface area (Å²) in [6.45, 7) is 12.9. The maximum absolute atomic E-state index is 13.3. The largest absolute Gasteiger partial charge is 0.518 e. The molecule has 0 amide bonds. The van der Waals surface area contributed by atoms with Gasteiger partial charge in [0.25, 0.3) is 14.3 Å². The van der Waals surface area contributed by atoms with Gasteiger partial charge in [-0.15, -0.1) is 0 Å². The van der Waals surface area contributed by atoms with Crippen molar-refractivity contribution < 1.29 is 18.1 Å². The Morgan fingerprint density at radius 3 is 1.84 bits per heavy atom. The molecule has 0 fully saturated rings. The number of hydrogen-bond donors (Lipinski definition) is 0. The van der Waals surface area contributed by atoms with E-state index < -0.39 is 22.6 Å². The zero-order valence-electron chi connectivity index (χ0n) is 17.9. The van der Waals surface area contributed by atoms with Crippen LogP contribution in [0.5, 0.6) is 0 Å². The molecule has 0 spiro atoms. The van der Waals surface area contributed by atoms with Crippen LogP contribution in [0.4, 0.5) is 0 Å². The van der Waals surface area contributed by atoms with E-state index >= 15 is 0 Å². The van der Waals surface area contributed by atoms with Crippen LogP contribution >= 0.6 is 0 Å². The highest BCUT2D eigenvalue weighted by molar-refractivity contribution is 6.77. The van der Waals surface area contributed by atoms with E-state index in [2.05, 4.69) is 27.7 Å². The Bertz CT molecular complexity index is 366. The minimum atomic E-state index is -2.15. The Labute approximate surface area is 159 Å². The molecule has 0 N–H and O–H groups in total. The fraction of sp³-hybridized carbons (Fsp3) is 0.947. The molecular weight excluding hydrogens is 348 g/mol. The highest BCUT2D eigenvalue weighted by Crippen LogP contribution is 2.42.